The minimum atomic E-state index is -1.02. The molecule has 148 valence electrons. The maximum Gasteiger partial charge on any atom is 0.333 e. The van der Waals surface area contributed by atoms with Gasteiger partial charge in [0, 0.05) is 5.41 Å². The number of Topliss-reactive ketones (excluding diaryl/α,β-unsaturated/α-hetero) is 1. The molecule has 7 nitrogen and oxygen atoms in total. The highest BCUT2D eigenvalue weighted by Crippen LogP contribution is 2.18. The zero-order valence-corrected chi connectivity index (χ0v) is 16.7. The van der Waals surface area contributed by atoms with Gasteiger partial charge in [-0.1, -0.05) is 51.1 Å². The van der Waals surface area contributed by atoms with Gasteiger partial charge in [-0.15, -0.1) is 0 Å². The molecule has 0 unspecified atom stereocenters. The van der Waals surface area contributed by atoms with Crippen LogP contribution >= 0.6 is 0 Å². The minimum absolute atomic E-state index is 0.424. The molecule has 2 N–H and O–H groups in total. The zero-order chi connectivity index (χ0) is 20.8. The van der Waals surface area contributed by atoms with Crippen molar-refractivity contribution in [1.29, 1.82) is 0 Å². The fraction of sp³-hybridized carbons (Fsp3) is 0.500. The quantitative estimate of drug-likeness (QED) is 0.583. The van der Waals surface area contributed by atoms with Crippen LogP contribution in [0.15, 0.2) is 30.3 Å². The van der Waals surface area contributed by atoms with E-state index in [4.69, 9.17) is 4.74 Å². The van der Waals surface area contributed by atoms with E-state index in [1.807, 2.05) is 0 Å². The smallest absolute Gasteiger partial charge is 0.333 e. The average molecular weight is 376 g/mol. The van der Waals surface area contributed by atoms with Gasteiger partial charge in [0.05, 0.1) is 6.54 Å². The van der Waals surface area contributed by atoms with Crippen molar-refractivity contribution in [3.8, 4) is 0 Å². The van der Waals surface area contributed by atoms with Crippen molar-refractivity contribution >= 4 is 23.6 Å². The Morgan fingerprint density at radius 3 is 2.00 bits per heavy atom. The summed E-state index contributed by atoms with van der Waals surface area (Å²) in [6, 6.07) is 7.63. The van der Waals surface area contributed by atoms with Gasteiger partial charge in [0.25, 0.3) is 5.91 Å². The van der Waals surface area contributed by atoms with Gasteiger partial charge in [0.1, 0.15) is 5.60 Å². The highest BCUT2D eigenvalue weighted by Gasteiger charge is 2.30. The zero-order valence-electron chi connectivity index (χ0n) is 16.7. The van der Waals surface area contributed by atoms with Gasteiger partial charge >= 0.3 is 5.97 Å². The molecule has 1 aromatic carbocycles. The lowest BCUT2D eigenvalue weighted by Gasteiger charge is -2.25. The molecule has 0 bridgehead atoms. The Morgan fingerprint density at radius 1 is 0.963 bits per heavy atom. The number of ether oxygens (including phenoxy) is 1. The number of amides is 2. The maximum absolute atomic E-state index is 12.5. The van der Waals surface area contributed by atoms with Gasteiger partial charge in [-0.2, -0.15) is 0 Å². The van der Waals surface area contributed by atoms with Crippen LogP contribution in [0.1, 0.15) is 53.1 Å². The van der Waals surface area contributed by atoms with E-state index in [9.17, 15) is 19.2 Å². The van der Waals surface area contributed by atoms with Crippen molar-refractivity contribution in [3.63, 3.8) is 0 Å². The second-order valence-corrected chi connectivity index (χ2v) is 8.21. The summed E-state index contributed by atoms with van der Waals surface area (Å²) in [5.74, 6) is -2.68. The molecule has 0 saturated heterocycles. The van der Waals surface area contributed by atoms with Crippen molar-refractivity contribution in [1.82, 2.24) is 10.6 Å². The topological polar surface area (TPSA) is 102 Å². The maximum atomic E-state index is 12.5. The van der Waals surface area contributed by atoms with Crippen molar-refractivity contribution in [2.75, 3.05) is 6.54 Å². The Hall–Kier alpha value is -2.70. The van der Waals surface area contributed by atoms with E-state index in [1.165, 1.54) is 0 Å². The molecule has 27 heavy (non-hydrogen) atoms. The lowest BCUT2D eigenvalue weighted by atomic mass is 9.90. The first-order valence-electron chi connectivity index (χ1n) is 8.71. The summed E-state index contributed by atoms with van der Waals surface area (Å²) >= 11 is 0. The fourth-order valence-corrected chi connectivity index (χ4v) is 2.08. The molecule has 0 spiro atoms. The minimum Gasteiger partial charge on any atom is -0.458 e. The molecular weight excluding hydrogens is 348 g/mol. The molecule has 1 rings (SSSR count). The Labute approximate surface area is 159 Å². The molecule has 0 aromatic heterocycles. The van der Waals surface area contributed by atoms with Gasteiger partial charge in [-0.25, -0.2) is 4.79 Å². The van der Waals surface area contributed by atoms with Crippen molar-refractivity contribution in [3.05, 3.63) is 35.9 Å². The van der Waals surface area contributed by atoms with Gasteiger partial charge in [0.2, 0.25) is 11.7 Å². The van der Waals surface area contributed by atoms with Gasteiger partial charge in [-0.3, -0.25) is 14.4 Å². The van der Waals surface area contributed by atoms with Gasteiger partial charge < -0.3 is 15.4 Å². The first kappa shape index (κ1) is 22.3. The molecule has 0 heterocycles. The Kier molecular flexibility index (Phi) is 7.28. The predicted molar refractivity (Wildman–Crippen MR) is 101 cm³/mol. The van der Waals surface area contributed by atoms with Crippen LogP contribution < -0.4 is 10.6 Å². The highest BCUT2D eigenvalue weighted by molar-refractivity contribution is 6.38. The average Bonchev–Trinajstić information content (AvgIpc) is 2.55. The van der Waals surface area contributed by atoms with Crippen LogP contribution in [0.25, 0.3) is 0 Å². The number of ketones is 1. The molecule has 0 fully saturated rings. The molecule has 0 aliphatic carbocycles. The summed E-state index contributed by atoms with van der Waals surface area (Å²) in [6.45, 7) is 9.61. The van der Waals surface area contributed by atoms with Gasteiger partial charge in [0.15, 0.2) is 6.04 Å². The van der Waals surface area contributed by atoms with Crippen molar-refractivity contribution in [2.24, 2.45) is 5.41 Å². The Morgan fingerprint density at radius 2 is 1.52 bits per heavy atom. The summed E-state index contributed by atoms with van der Waals surface area (Å²) in [5.41, 5.74) is -1.01. The second kappa shape index (κ2) is 8.79. The standard InChI is InChI=1S/C20H28N2O5/c1-19(2,3)16(24)17(25)21-12-14(23)22-15(13-10-8-7-9-11-13)18(26)27-20(4,5)6/h7-11,15H,12H2,1-6H3,(H,21,25)(H,22,23)/t15-/m0/s1. The van der Waals surface area contributed by atoms with E-state index in [-0.39, 0.29) is 0 Å². The largest absolute Gasteiger partial charge is 0.458 e. The molecule has 2 amide bonds. The van der Waals surface area contributed by atoms with Crippen molar-refractivity contribution in [2.45, 2.75) is 53.2 Å². The number of carbonyl (C=O) groups is 4. The summed E-state index contributed by atoms with van der Waals surface area (Å²) in [6.07, 6.45) is 0. The first-order valence-corrected chi connectivity index (χ1v) is 8.71. The molecule has 0 saturated carbocycles. The second-order valence-electron chi connectivity index (χ2n) is 8.21. The predicted octanol–water partition coefficient (Wildman–Crippen LogP) is 1.92. The summed E-state index contributed by atoms with van der Waals surface area (Å²) in [4.78, 5) is 48.4. The number of esters is 1. The normalized spacial score (nSPS) is 12.7. The van der Waals surface area contributed by atoms with Crippen LogP contribution in [0.4, 0.5) is 0 Å². The fourth-order valence-electron chi connectivity index (χ4n) is 2.08. The molecule has 0 radical (unpaired) electrons. The van der Waals surface area contributed by atoms with E-state index in [0.29, 0.717) is 5.56 Å². The third-order valence-corrected chi connectivity index (χ3v) is 3.38. The third-order valence-electron chi connectivity index (χ3n) is 3.38. The number of rotatable bonds is 6. The van der Waals surface area contributed by atoms with Crippen LogP contribution in [0, 0.1) is 5.41 Å². The third kappa shape index (κ3) is 7.60. The van der Waals surface area contributed by atoms with Crippen LogP contribution in [0.5, 0.6) is 0 Å². The SMILES string of the molecule is CC(C)(C)OC(=O)[C@@H](NC(=O)CNC(=O)C(=O)C(C)(C)C)c1ccccc1. The highest BCUT2D eigenvalue weighted by atomic mass is 16.6. The molecule has 0 aliphatic rings. The lowest BCUT2D eigenvalue weighted by molar-refractivity contribution is -0.158. The number of hydrogen-bond donors (Lipinski definition) is 2. The number of hydrogen-bond acceptors (Lipinski definition) is 5. The van der Waals surface area contributed by atoms with E-state index < -0.39 is 47.2 Å². The van der Waals surface area contributed by atoms with Crippen molar-refractivity contribution < 1.29 is 23.9 Å². The number of benzene rings is 1. The molecule has 1 aromatic rings. The van der Waals surface area contributed by atoms with E-state index in [1.54, 1.807) is 71.9 Å². The van der Waals surface area contributed by atoms with E-state index in [2.05, 4.69) is 10.6 Å². The summed E-state index contributed by atoms with van der Waals surface area (Å²) < 4.78 is 5.37. The molecule has 1 atom stereocenters. The number of carbonyl (C=O) groups excluding carboxylic acids is 4. The Balaban J connectivity index is 2.81. The van der Waals surface area contributed by atoms with Crippen LogP contribution in [-0.2, 0) is 23.9 Å². The molecular formula is C20H28N2O5. The van der Waals surface area contributed by atoms with Crippen LogP contribution in [0.3, 0.4) is 0 Å². The summed E-state index contributed by atoms with van der Waals surface area (Å²) in [7, 11) is 0. The monoisotopic (exact) mass is 376 g/mol. The van der Waals surface area contributed by atoms with Crippen LogP contribution in [-0.4, -0.2) is 35.7 Å². The number of nitrogens with one attached hydrogen (secondary N) is 2. The van der Waals surface area contributed by atoms with E-state index in [0.717, 1.165) is 0 Å². The lowest BCUT2D eigenvalue weighted by Crippen LogP contribution is -2.45. The Bertz CT molecular complexity index is 699. The molecule has 0 aliphatic heterocycles. The molecule has 7 heteroatoms. The van der Waals surface area contributed by atoms with Gasteiger partial charge in [-0.05, 0) is 26.3 Å². The van der Waals surface area contributed by atoms with E-state index >= 15 is 0 Å². The first-order chi connectivity index (χ1) is 12.3. The summed E-state index contributed by atoms with van der Waals surface area (Å²) in [5, 5.41) is 4.83. The van der Waals surface area contributed by atoms with Crippen LogP contribution in [0.2, 0.25) is 0 Å².